The maximum Gasteiger partial charge on any atom is 0.250 e. The van der Waals surface area contributed by atoms with Gasteiger partial charge >= 0.3 is 0 Å². The van der Waals surface area contributed by atoms with E-state index in [1.54, 1.807) is 23.5 Å². The molecular weight excluding hydrogens is 548 g/mol. The van der Waals surface area contributed by atoms with E-state index in [1.165, 1.54) is 0 Å². The third-order valence-electron chi connectivity index (χ3n) is 5.66. The number of fused-ring (bicyclic) bond motifs is 1. The molecule has 11 heteroatoms. The van der Waals surface area contributed by atoms with E-state index in [0.29, 0.717) is 25.5 Å². The summed E-state index contributed by atoms with van der Waals surface area (Å²) in [4.78, 5) is 25.1. The number of aromatic nitrogens is 3. The summed E-state index contributed by atoms with van der Waals surface area (Å²) in [5.41, 5.74) is 2.28. The Morgan fingerprint density at radius 2 is 2.10 bits per heavy atom. The average Bonchev–Trinajstić information content (AvgIpc) is 3.21. The fourth-order valence-electron chi connectivity index (χ4n) is 4.02. The molecule has 0 bridgehead atoms. The lowest BCUT2D eigenvalue weighted by molar-refractivity contribution is 0.326. The maximum absolute atomic E-state index is 12.6. The van der Waals surface area contributed by atoms with Crippen molar-refractivity contribution in [1.29, 1.82) is 0 Å². The Bertz CT molecular complexity index is 1270. The van der Waals surface area contributed by atoms with Crippen molar-refractivity contribution in [2.45, 2.75) is 23.1 Å². The van der Waals surface area contributed by atoms with Crippen LogP contribution in [0.25, 0.3) is 22.2 Å². The number of H-pyrrole nitrogens is 2. The van der Waals surface area contributed by atoms with E-state index < -0.39 is 10.0 Å². The van der Waals surface area contributed by atoms with Gasteiger partial charge in [0.25, 0.3) is 0 Å². The van der Waals surface area contributed by atoms with Gasteiger partial charge in [-0.3, -0.25) is 4.79 Å². The summed E-state index contributed by atoms with van der Waals surface area (Å²) in [6.07, 6.45) is 3.55. The molecule has 1 aliphatic rings. The van der Waals surface area contributed by atoms with Gasteiger partial charge in [-0.1, -0.05) is 22.6 Å². The smallest absolute Gasteiger partial charge is 0.250 e. The number of hydrogen-bond donors (Lipinski definition) is 2. The van der Waals surface area contributed by atoms with Gasteiger partial charge in [0.15, 0.2) is 0 Å². The lowest BCUT2D eigenvalue weighted by Crippen LogP contribution is -2.60. The van der Waals surface area contributed by atoms with Crippen molar-refractivity contribution < 1.29 is 8.42 Å². The number of nitrogens with one attached hydrogen (secondary N) is 2. The van der Waals surface area contributed by atoms with Crippen molar-refractivity contribution in [3.05, 3.63) is 47.0 Å². The van der Waals surface area contributed by atoms with Gasteiger partial charge < -0.3 is 14.9 Å². The largest absolute Gasteiger partial charge is 0.351 e. The minimum atomic E-state index is -3.29. The second-order valence-electron chi connectivity index (χ2n) is 7.84. The Hall–Kier alpha value is -1.49. The lowest BCUT2D eigenvalue weighted by Gasteiger charge is -2.46. The van der Waals surface area contributed by atoms with Crippen LogP contribution in [0.1, 0.15) is 13.8 Å². The topological polar surface area (TPSA) is 102 Å². The molecule has 3 atom stereocenters. The van der Waals surface area contributed by atoms with Crippen LogP contribution in [0.5, 0.6) is 0 Å². The summed E-state index contributed by atoms with van der Waals surface area (Å²) >= 11 is 2.32. The zero-order valence-electron chi connectivity index (χ0n) is 17.3. The summed E-state index contributed by atoms with van der Waals surface area (Å²) < 4.78 is 26.2. The van der Waals surface area contributed by atoms with Crippen LogP contribution in [-0.4, -0.2) is 62.3 Å². The standard InChI is InChI=1S/C20H25IN5O3PS/c1-3-31(28,29)25-8-9-26(16(12-25)20(2,21)30)17-10-13(11-18(27)24-17)14-4-6-22-19-15(14)5-7-23-19/h4-7,10-11,16H,3,8-9,12,30H2,1-2H3,(H,22,23)(H,24,27). The molecule has 3 unspecified atom stereocenters. The Morgan fingerprint density at radius 3 is 2.81 bits per heavy atom. The van der Waals surface area contributed by atoms with Crippen molar-refractivity contribution in [2.24, 2.45) is 0 Å². The van der Waals surface area contributed by atoms with Gasteiger partial charge in [-0.05, 0) is 43.2 Å². The normalized spacial score (nSPS) is 20.1. The first-order valence-corrected chi connectivity index (χ1v) is 13.3. The van der Waals surface area contributed by atoms with Crippen LogP contribution in [0.3, 0.4) is 0 Å². The molecule has 1 fully saturated rings. The highest BCUT2D eigenvalue weighted by molar-refractivity contribution is 14.1. The molecule has 1 aliphatic heterocycles. The molecule has 4 heterocycles. The number of rotatable bonds is 5. The predicted molar refractivity (Wildman–Crippen MR) is 136 cm³/mol. The first-order chi connectivity index (χ1) is 14.6. The van der Waals surface area contributed by atoms with Crippen molar-refractivity contribution in [3.63, 3.8) is 0 Å². The Kier molecular flexibility index (Phi) is 6.19. The van der Waals surface area contributed by atoms with Gasteiger partial charge in [-0.15, -0.1) is 9.24 Å². The van der Waals surface area contributed by atoms with E-state index >= 15 is 0 Å². The lowest BCUT2D eigenvalue weighted by atomic mass is 10.0. The van der Waals surface area contributed by atoms with Gasteiger partial charge in [0, 0.05) is 43.5 Å². The minimum Gasteiger partial charge on any atom is -0.351 e. The van der Waals surface area contributed by atoms with Crippen molar-refractivity contribution >= 4 is 58.7 Å². The molecular formula is C20H25IN5O3PS. The molecule has 4 rings (SSSR count). The van der Waals surface area contributed by atoms with Crippen LogP contribution >= 0.6 is 31.8 Å². The zero-order valence-corrected chi connectivity index (χ0v) is 21.4. The third-order valence-corrected chi connectivity index (χ3v) is 8.62. The fraction of sp³-hybridized carbons (Fsp3) is 0.400. The second kappa shape index (κ2) is 8.46. The minimum absolute atomic E-state index is 0.0789. The summed E-state index contributed by atoms with van der Waals surface area (Å²) in [7, 11) is -0.473. The SMILES string of the molecule is CCS(=O)(=O)N1CCN(c2cc(-c3ccnc4[nH]ccc34)cc(=O)[nH]2)C(C(C)(P)I)C1. The number of aromatic amines is 2. The summed E-state index contributed by atoms with van der Waals surface area (Å²) in [5.74, 6) is 0.766. The molecule has 0 saturated carbocycles. The second-order valence-corrected chi connectivity index (χ2v) is 14.8. The highest BCUT2D eigenvalue weighted by atomic mass is 127. The Labute approximate surface area is 197 Å². The van der Waals surface area contributed by atoms with Gasteiger partial charge in [-0.25, -0.2) is 13.4 Å². The van der Waals surface area contributed by atoms with Gasteiger partial charge in [0.1, 0.15) is 11.5 Å². The van der Waals surface area contributed by atoms with Gasteiger partial charge in [0.05, 0.1) is 15.0 Å². The summed E-state index contributed by atoms with van der Waals surface area (Å²) in [6, 6.07) is 7.26. The van der Waals surface area contributed by atoms with Crippen LogP contribution in [-0.2, 0) is 10.0 Å². The number of hydrogen-bond acceptors (Lipinski definition) is 5. The van der Waals surface area contributed by atoms with E-state index in [4.69, 9.17) is 0 Å². The van der Waals surface area contributed by atoms with Gasteiger partial charge in [0.2, 0.25) is 15.6 Å². The van der Waals surface area contributed by atoms with Gasteiger partial charge in [-0.2, -0.15) is 4.31 Å². The van der Waals surface area contributed by atoms with Crippen molar-refractivity contribution in [1.82, 2.24) is 19.3 Å². The highest BCUT2D eigenvalue weighted by Crippen LogP contribution is 2.38. The molecule has 166 valence electrons. The van der Waals surface area contributed by atoms with Crippen molar-refractivity contribution in [2.75, 3.05) is 30.3 Å². The quantitative estimate of drug-likeness (QED) is 0.278. The third kappa shape index (κ3) is 4.53. The molecule has 2 N–H and O–H groups in total. The van der Waals surface area contributed by atoms with E-state index in [9.17, 15) is 13.2 Å². The van der Waals surface area contributed by atoms with E-state index in [0.717, 1.165) is 22.2 Å². The number of anilines is 1. The first kappa shape index (κ1) is 22.7. The Morgan fingerprint density at radius 1 is 1.32 bits per heavy atom. The molecule has 0 amide bonds. The van der Waals surface area contributed by atoms with Crippen LogP contribution in [0.2, 0.25) is 0 Å². The van der Waals surface area contributed by atoms with Crippen LogP contribution in [0.4, 0.5) is 5.82 Å². The molecule has 0 radical (unpaired) electrons. The van der Waals surface area contributed by atoms with Crippen LogP contribution in [0.15, 0.2) is 41.5 Å². The molecule has 3 aromatic rings. The average molecular weight is 573 g/mol. The number of sulfonamides is 1. The highest BCUT2D eigenvalue weighted by Gasteiger charge is 2.40. The first-order valence-electron chi connectivity index (χ1n) is 9.99. The predicted octanol–water partition coefficient (Wildman–Crippen LogP) is 2.78. The molecule has 1 saturated heterocycles. The van der Waals surface area contributed by atoms with Crippen LogP contribution in [0, 0.1) is 0 Å². The monoisotopic (exact) mass is 573 g/mol. The molecule has 0 spiro atoms. The van der Waals surface area contributed by atoms with E-state index in [-0.39, 0.29) is 20.5 Å². The van der Waals surface area contributed by atoms with Crippen molar-refractivity contribution in [3.8, 4) is 11.1 Å². The number of alkyl halides is 1. The fourth-order valence-corrected chi connectivity index (χ4v) is 5.93. The molecule has 0 aliphatic carbocycles. The van der Waals surface area contributed by atoms with Crippen LogP contribution < -0.4 is 10.5 Å². The maximum atomic E-state index is 12.6. The zero-order chi connectivity index (χ0) is 22.4. The molecule has 31 heavy (non-hydrogen) atoms. The number of halogens is 1. The number of piperazine rings is 1. The Balaban J connectivity index is 1.77. The number of nitrogens with zero attached hydrogens (tertiary/aromatic N) is 3. The number of pyridine rings is 2. The summed E-state index contributed by atoms with van der Waals surface area (Å²) in [5, 5.41) is 0.944. The van der Waals surface area contributed by atoms with E-state index in [2.05, 4.69) is 51.7 Å². The van der Waals surface area contributed by atoms with E-state index in [1.807, 2.05) is 31.3 Å². The molecule has 0 aromatic carbocycles. The molecule has 8 nitrogen and oxygen atoms in total. The molecule has 3 aromatic heterocycles. The summed E-state index contributed by atoms with van der Waals surface area (Å²) in [6.45, 7) is 4.95.